The van der Waals surface area contributed by atoms with Crippen LogP contribution in [0, 0.1) is 12.3 Å². The SMILES string of the molecule is Cc1ccc(NC(=O)C2CCCCN2)cc1NC(=O)C(C)(C)C.Cl. The highest BCUT2D eigenvalue weighted by Crippen LogP contribution is 2.24. The Morgan fingerprint density at radius 1 is 1.17 bits per heavy atom. The summed E-state index contributed by atoms with van der Waals surface area (Å²) in [6.45, 7) is 8.44. The minimum absolute atomic E-state index is 0. The lowest BCUT2D eigenvalue weighted by Gasteiger charge is -2.23. The summed E-state index contributed by atoms with van der Waals surface area (Å²) in [5, 5.41) is 9.11. The molecule has 1 saturated heterocycles. The predicted octanol–water partition coefficient (Wildman–Crippen LogP) is 3.48. The third-order valence-corrected chi connectivity index (χ3v) is 4.06. The fraction of sp³-hybridized carbons (Fsp3) is 0.556. The molecule has 0 saturated carbocycles. The minimum Gasteiger partial charge on any atom is -0.325 e. The van der Waals surface area contributed by atoms with Crippen molar-refractivity contribution in [3.05, 3.63) is 23.8 Å². The van der Waals surface area contributed by atoms with Crippen molar-refractivity contribution in [3.8, 4) is 0 Å². The number of anilines is 2. The molecule has 24 heavy (non-hydrogen) atoms. The molecule has 1 atom stereocenters. The highest BCUT2D eigenvalue weighted by molar-refractivity contribution is 5.98. The van der Waals surface area contributed by atoms with E-state index in [0.29, 0.717) is 5.69 Å². The van der Waals surface area contributed by atoms with Gasteiger partial charge in [0, 0.05) is 16.8 Å². The molecule has 0 aliphatic carbocycles. The first-order valence-corrected chi connectivity index (χ1v) is 8.24. The molecular weight excluding hydrogens is 326 g/mol. The summed E-state index contributed by atoms with van der Waals surface area (Å²) in [6.07, 6.45) is 3.06. The molecule has 0 aromatic heterocycles. The molecule has 0 bridgehead atoms. The fourth-order valence-electron chi connectivity index (χ4n) is 2.45. The van der Waals surface area contributed by atoms with E-state index in [1.807, 2.05) is 45.9 Å². The lowest BCUT2D eigenvalue weighted by Crippen LogP contribution is -2.43. The third-order valence-electron chi connectivity index (χ3n) is 4.06. The number of hydrogen-bond acceptors (Lipinski definition) is 3. The van der Waals surface area contributed by atoms with Crippen molar-refractivity contribution in [2.45, 2.75) is 53.0 Å². The second kappa shape index (κ2) is 8.49. The fourth-order valence-corrected chi connectivity index (χ4v) is 2.45. The summed E-state index contributed by atoms with van der Waals surface area (Å²) < 4.78 is 0. The van der Waals surface area contributed by atoms with Crippen molar-refractivity contribution < 1.29 is 9.59 Å². The van der Waals surface area contributed by atoms with Gasteiger partial charge in [-0.2, -0.15) is 0 Å². The van der Waals surface area contributed by atoms with Crippen LogP contribution in [-0.2, 0) is 9.59 Å². The summed E-state index contributed by atoms with van der Waals surface area (Å²) in [4.78, 5) is 24.4. The summed E-state index contributed by atoms with van der Waals surface area (Å²) >= 11 is 0. The predicted molar refractivity (Wildman–Crippen MR) is 101 cm³/mol. The van der Waals surface area contributed by atoms with E-state index in [1.54, 1.807) is 0 Å². The monoisotopic (exact) mass is 353 g/mol. The molecule has 0 radical (unpaired) electrons. The quantitative estimate of drug-likeness (QED) is 0.779. The Balaban J connectivity index is 0.00000288. The number of aryl methyl sites for hydroxylation is 1. The van der Waals surface area contributed by atoms with Crippen LogP contribution in [0.3, 0.4) is 0 Å². The van der Waals surface area contributed by atoms with Crippen molar-refractivity contribution in [3.63, 3.8) is 0 Å². The van der Waals surface area contributed by atoms with E-state index in [2.05, 4.69) is 16.0 Å². The van der Waals surface area contributed by atoms with Crippen molar-refractivity contribution in [2.75, 3.05) is 17.2 Å². The van der Waals surface area contributed by atoms with Gasteiger partial charge in [-0.3, -0.25) is 9.59 Å². The van der Waals surface area contributed by atoms with E-state index < -0.39 is 5.41 Å². The lowest BCUT2D eigenvalue weighted by atomic mass is 9.95. The zero-order chi connectivity index (χ0) is 17.0. The zero-order valence-corrected chi connectivity index (χ0v) is 15.7. The first kappa shape index (κ1) is 20.5. The van der Waals surface area contributed by atoms with Gasteiger partial charge in [0.25, 0.3) is 0 Å². The maximum atomic E-state index is 12.3. The number of benzene rings is 1. The highest BCUT2D eigenvalue weighted by atomic mass is 35.5. The molecule has 6 heteroatoms. The first-order chi connectivity index (χ1) is 10.8. The number of carbonyl (C=O) groups excluding carboxylic acids is 2. The van der Waals surface area contributed by atoms with Gasteiger partial charge in [0.2, 0.25) is 11.8 Å². The van der Waals surface area contributed by atoms with E-state index >= 15 is 0 Å². The average molecular weight is 354 g/mol. The third kappa shape index (κ3) is 5.49. The lowest BCUT2D eigenvalue weighted by molar-refractivity contribution is -0.123. The second-order valence-corrected chi connectivity index (χ2v) is 7.23. The van der Waals surface area contributed by atoms with Gasteiger partial charge >= 0.3 is 0 Å². The smallest absolute Gasteiger partial charge is 0.241 e. The zero-order valence-electron chi connectivity index (χ0n) is 14.9. The van der Waals surface area contributed by atoms with Crippen molar-refractivity contribution in [1.82, 2.24) is 5.32 Å². The number of hydrogen-bond donors (Lipinski definition) is 3. The van der Waals surface area contributed by atoms with E-state index in [1.165, 1.54) is 0 Å². The molecule has 2 rings (SSSR count). The molecule has 1 fully saturated rings. The molecule has 1 unspecified atom stereocenters. The number of amides is 2. The Kier molecular flexibility index (Phi) is 7.24. The van der Waals surface area contributed by atoms with E-state index in [-0.39, 0.29) is 30.3 Å². The highest BCUT2D eigenvalue weighted by Gasteiger charge is 2.23. The van der Waals surface area contributed by atoms with Gasteiger partial charge in [0.15, 0.2) is 0 Å². The standard InChI is InChI=1S/C18H27N3O2.ClH/c1-12-8-9-13(11-15(12)21-17(23)18(2,3)4)20-16(22)14-7-5-6-10-19-14;/h8-9,11,14,19H,5-7,10H2,1-4H3,(H,20,22)(H,21,23);1H. The van der Waals surface area contributed by atoms with E-state index in [0.717, 1.165) is 37.1 Å². The second-order valence-electron chi connectivity index (χ2n) is 7.23. The molecule has 1 aromatic carbocycles. The Morgan fingerprint density at radius 3 is 2.46 bits per heavy atom. The van der Waals surface area contributed by atoms with Gasteiger partial charge < -0.3 is 16.0 Å². The van der Waals surface area contributed by atoms with Crippen molar-refractivity contribution >= 4 is 35.6 Å². The molecule has 1 aliphatic heterocycles. The van der Waals surface area contributed by atoms with Gasteiger partial charge in [-0.15, -0.1) is 12.4 Å². The summed E-state index contributed by atoms with van der Waals surface area (Å²) in [7, 11) is 0. The maximum Gasteiger partial charge on any atom is 0.241 e. The van der Waals surface area contributed by atoms with E-state index in [4.69, 9.17) is 0 Å². The number of piperidine rings is 1. The van der Waals surface area contributed by atoms with Crippen LogP contribution in [0.2, 0.25) is 0 Å². The molecule has 2 amide bonds. The summed E-state index contributed by atoms with van der Waals surface area (Å²) in [6, 6.07) is 5.46. The average Bonchev–Trinajstić information content (AvgIpc) is 2.50. The summed E-state index contributed by atoms with van der Waals surface area (Å²) in [5.74, 6) is -0.0559. The Morgan fingerprint density at radius 2 is 1.88 bits per heavy atom. The molecular formula is C18H28ClN3O2. The van der Waals surface area contributed by atoms with Crippen LogP contribution in [0.15, 0.2) is 18.2 Å². The van der Waals surface area contributed by atoms with Crippen LogP contribution in [-0.4, -0.2) is 24.4 Å². The number of halogens is 1. The molecule has 134 valence electrons. The van der Waals surface area contributed by atoms with Gasteiger partial charge in [-0.25, -0.2) is 0 Å². The van der Waals surface area contributed by atoms with Crippen LogP contribution in [0.25, 0.3) is 0 Å². The molecule has 3 N–H and O–H groups in total. The Hall–Kier alpha value is -1.59. The van der Waals surface area contributed by atoms with Gasteiger partial charge in [-0.1, -0.05) is 33.3 Å². The molecule has 1 aliphatic rings. The van der Waals surface area contributed by atoms with Gasteiger partial charge in [0.1, 0.15) is 0 Å². The normalized spacial score (nSPS) is 17.6. The minimum atomic E-state index is -0.461. The maximum absolute atomic E-state index is 12.3. The van der Waals surface area contributed by atoms with Crippen LogP contribution in [0.1, 0.15) is 45.6 Å². The molecule has 1 heterocycles. The van der Waals surface area contributed by atoms with Crippen LogP contribution < -0.4 is 16.0 Å². The van der Waals surface area contributed by atoms with E-state index in [9.17, 15) is 9.59 Å². The van der Waals surface area contributed by atoms with Crippen molar-refractivity contribution in [2.24, 2.45) is 5.41 Å². The number of rotatable bonds is 3. The number of carbonyl (C=O) groups is 2. The number of nitrogens with one attached hydrogen (secondary N) is 3. The molecule has 5 nitrogen and oxygen atoms in total. The summed E-state index contributed by atoms with van der Waals surface area (Å²) in [5.41, 5.74) is 1.95. The largest absolute Gasteiger partial charge is 0.325 e. The Bertz CT molecular complexity index is 590. The first-order valence-electron chi connectivity index (χ1n) is 8.24. The van der Waals surface area contributed by atoms with Gasteiger partial charge in [0.05, 0.1) is 6.04 Å². The molecule has 1 aromatic rings. The molecule has 0 spiro atoms. The van der Waals surface area contributed by atoms with Crippen LogP contribution in [0.5, 0.6) is 0 Å². The van der Waals surface area contributed by atoms with Crippen molar-refractivity contribution in [1.29, 1.82) is 0 Å². The van der Waals surface area contributed by atoms with Crippen LogP contribution in [0.4, 0.5) is 11.4 Å². The van der Waals surface area contributed by atoms with Crippen LogP contribution >= 0.6 is 12.4 Å². The Labute approximate surface area is 150 Å². The topological polar surface area (TPSA) is 70.2 Å². The van der Waals surface area contributed by atoms with Gasteiger partial charge in [-0.05, 0) is 44.0 Å².